The second-order valence-corrected chi connectivity index (χ2v) is 3.24. The molecule has 2 atom stereocenters. The van der Waals surface area contributed by atoms with Crippen molar-refractivity contribution in [3.63, 3.8) is 0 Å². The molecule has 1 aromatic rings. The molecule has 0 radical (unpaired) electrons. The summed E-state index contributed by atoms with van der Waals surface area (Å²) in [6.07, 6.45) is 0. The van der Waals surface area contributed by atoms with Gasteiger partial charge in [0.15, 0.2) is 23.3 Å². The Kier molecular flexibility index (Phi) is 2.70. The van der Waals surface area contributed by atoms with Crippen LogP contribution in [0.1, 0.15) is 0 Å². The predicted octanol–water partition coefficient (Wildman–Crippen LogP) is 1.24. The van der Waals surface area contributed by atoms with E-state index in [9.17, 15) is 17.6 Å². The van der Waals surface area contributed by atoms with Crippen LogP contribution in [0, 0.1) is 23.3 Å². The van der Waals surface area contributed by atoms with Crippen molar-refractivity contribution in [2.45, 2.75) is 0 Å². The first-order valence-corrected chi connectivity index (χ1v) is 3.99. The summed E-state index contributed by atoms with van der Waals surface area (Å²) in [5, 5.41) is -1.45. The minimum Gasteiger partial charge on any atom is -0.203 e. The SMILES string of the molecule is Fc1c(F)c(P)c(F)c(F)c1P. The van der Waals surface area contributed by atoms with E-state index in [0.717, 1.165) is 0 Å². The number of benzene rings is 1. The van der Waals surface area contributed by atoms with Crippen molar-refractivity contribution in [3.05, 3.63) is 23.3 Å². The fraction of sp³-hybridized carbons (Fsp3) is 0. The van der Waals surface area contributed by atoms with Gasteiger partial charge in [-0.25, -0.2) is 17.6 Å². The van der Waals surface area contributed by atoms with Gasteiger partial charge < -0.3 is 0 Å². The zero-order chi connectivity index (χ0) is 9.46. The highest BCUT2D eigenvalue weighted by Crippen LogP contribution is 2.13. The molecule has 2 unspecified atom stereocenters. The van der Waals surface area contributed by atoms with E-state index in [0.29, 0.717) is 0 Å². The maximum Gasteiger partial charge on any atom is 0.169 e. The third-order valence-electron chi connectivity index (χ3n) is 1.33. The lowest BCUT2D eigenvalue weighted by atomic mass is 10.3. The van der Waals surface area contributed by atoms with E-state index in [1.54, 1.807) is 18.5 Å². The molecule has 0 fully saturated rings. The van der Waals surface area contributed by atoms with Gasteiger partial charge in [0.1, 0.15) is 0 Å². The summed E-state index contributed by atoms with van der Waals surface area (Å²) in [5.41, 5.74) is 0. The van der Waals surface area contributed by atoms with Crippen LogP contribution in [0.2, 0.25) is 0 Å². The van der Waals surface area contributed by atoms with Gasteiger partial charge in [-0.15, -0.1) is 0 Å². The normalized spacial score (nSPS) is 10.5. The third-order valence-corrected chi connectivity index (χ3v) is 2.35. The smallest absolute Gasteiger partial charge is 0.169 e. The van der Waals surface area contributed by atoms with Crippen molar-refractivity contribution in [3.8, 4) is 0 Å². The van der Waals surface area contributed by atoms with Gasteiger partial charge in [-0.05, 0) is 0 Å². The molecule has 12 heavy (non-hydrogen) atoms. The van der Waals surface area contributed by atoms with Crippen molar-refractivity contribution in [1.29, 1.82) is 0 Å². The lowest BCUT2D eigenvalue weighted by molar-refractivity contribution is 0.474. The summed E-state index contributed by atoms with van der Waals surface area (Å²) < 4.78 is 50.5. The lowest BCUT2D eigenvalue weighted by Crippen LogP contribution is -2.20. The van der Waals surface area contributed by atoms with Crippen LogP contribution in [-0.2, 0) is 0 Å². The zero-order valence-corrected chi connectivity index (χ0v) is 7.98. The molecule has 0 saturated carbocycles. The van der Waals surface area contributed by atoms with Crippen LogP contribution in [0.4, 0.5) is 17.6 Å². The van der Waals surface area contributed by atoms with Crippen molar-refractivity contribution in [1.82, 2.24) is 0 Å². The molecule has 0 amide bonds. The van der Waals surface area contributed by atoms with Crippen LogP contribution >= 0.6 is 18.5 Å². The number of hydrogen-bond acceptors (Lipinski definition) is 0. The molecular formula is C6H4F4P2. The molecule has 0 aliphatic carbocycles. The van der Waals surface area contributed by atoms with E-state index in [1.807, 2.05) is 0 Å². The molecule has 0 aromatic heterocycles. The Labute approximate surface area is 70.8 Å². The fourth-order valence-electron chi connectivity index (χ4n) is 0.666. The van der Waals surface area contributed by atoms with E-state index in [1.165, 1.54) is 0 Å². The molecule has 66 valence electrons. The second-order valence-electron chi connectivity index (χ2n) is 2.08. The van der Waals surface area contributed by atoms with Crippen molar-refractivity contribution >= 4 is 29.1 Å². The first kappa shape index (κ1) is 9.88. The van der Waals surface area contributed by atoms with E-state index in [4.69, 9.17) is 0 Å². The number of hydrogen-bond donors (Lipinski definition) is 0. The van der Waals surface area contributed by atoms with E-state index in [-0.39, 0.29) is 0 Å². The van der Waals surface area contributed by atoms with Gasteiger partial charge in [0.2, 0.25) is 0 Å². The second kappa shape index (κ2) is 3.27. The van der Waals surface area contributed by atoms with Crippen LogP contribution in [0.5, 0.6) is 0 Å². The van der Waals surface area contributed by atoms with Gasteiger partial charge in [-0.2, -0.15) is 0 Å². The minimum absolute atomic E-state index is 0.726. The van der Waals surface area contributed by atoms with Crippen molar-refractivity contribution in [2.24, 2.45) is 0 Å². The summed E-state index contributed by atoms with van der Waals surface area (Å²) in [7, 11) is 3.19. The average Bonchev–Trinajstić information content (AvgIpc) is 2.08. The largest absolute Gasteiger partial charge is 0.203 e. The first-order valence-electron chi connectivity index (χ1n) is 2.83. The van der Waals surface area contributed by atoms with Gasteiger partial charge in [0.05, 0.1) is 0 Å². The summed E-state index contributed by atoms with van der Waals surface area (Å²) in [6, 6.07) is 0. The Balaban J connectivity index is 3.60. The van der Waals surface area contributed by atoms with Crippen LogP contribution in [0.3, 0.4) is 0 Å². The number of rotatable bonds is 0. The predicted molar refractivity (Wildman–Crippen MR) is 45.0 cm³/mol. The molecule has 1 rings (SSSR count). The quantitative estimate of drug-likeness (QED) is 0.346. The zero-order valence-electron chi connectivity index (χ0n) is 5.67. The average molecular weight is 214 g/mol. The molecule has 0 spiro atoms. The molecule has 0 nitrogen and oxygen atoms in total. The van der Waals surface area contributed by atoms with Gasteiger partial charge >= 0.3 is 0 Å². The first-order chi connectivity index (χ1) is 5.46. The third kappa shape index (κ3) is 1.34. The van der Waals surface area contributed by atoms with Crippen molar-refractivity contribution < 1.29 is 17.6 Å². The summed E-state index contributed by atoms with van der Waals surface area (Å²) in [6.45, 7) is 0. The van der Waals surface area contributed by atoms with Gasteiger partial charge in [0, 0.05) is 10.6 Å². The van der Waals surface area contributed by atoms with E-state index < -0.39 is 33.9 Å². The lowest BCUT2D eigenvalue weighted by Gasteiger charge is -2.04. The molecule has 0 saturated heterocycles. The standard InChI is InChI=1S/C6H4F4P2/c7-1-2(8)6(12)4(10)3(9)5(1)11/h11-12H2. The summed E-state index contributed by atoms with van der Waals surface area (Å²) in [4.78, 5) is 0. The molecule has 0 N–H and O–H groups in total. The Bertz CT molecular complexity index is 232. The molecular weight excluding hydrogens is 210 g/mol. The summed E-state index contributed by atoms with van der Waals surface area (Å²) in [5.74, 6) is -5.54. The van der Waals surface area contributed by atoms with Crippen LogP contribution < -0.4 is 10.6 Å². The topological polar surface area (TPSA) is 0 Å². The molecule has 0 heterocycles. The van der Waals surface area contributed by atoms with Crippen LogP contribution in [-0.4, -0.2) is 0 Å². The van der Waals surface area contributed by atoms with Crippen LogP contribution in [0.15, 0.2) is 0 Å². The Morgan fingerprint density at radius 1 is 0.583 bits per heavy atom. The van der Waals surface area contributed by atoms with Crippen LogP contribution in [0.25, 0.3) is 0 Å². The van der Waals surface area contributed by atoms with Gasteiger partial charge in [0.25, 0.3) is 0 Å². The maximum atomic E-state index is 12.6. The van der Waals surface area contributed by atoms with E-state index >= 15 is 0 Å². The van der Waals surface area contributed by atoms with Crippen molar-refractivity contribution in [2.75, 3.05) is 0 Å². The molecule has 0 aliphatic heterocycles. The highest BCUT2D eigenvalue weighted by Gasteiger charge is 2.19. The maximum absolute atomic E-state index is 12.6. The molecule has 0 aliphatic rings. The number of halogens is 4. The Morgan fingerprint density at radius 3 is 0.917 bits per heavy atom. The highest BCUT2D eigenvalue weighted by molar-refractivity contribution is 7.28. The minimum atomic E-state index is -1.39. The molecule has 0 bridgehead atoms. The molecule has 1 aromatic carbocycles. The van der Waals surface area contributed by atoms with Gasteiger partial charge in [-0.1, -0.05) is 18.5 Å². The van der Waals surface area contributed by atoms with E-state index in [2.05, 4.69) is 0 Å². The fourth-order valence-corrected chi connectivity index (χ4v) is 1.17. The summed E-state index contributed by atoms with van der Waals surface area (Å²) >= 11 is 0. The highest BCUT2D eigenvalue weighted by atomic mass is 31.0. The Hall–Kier alpha value is -0.200. The molecule has 6 heteroatoms. The Morgan fingerprint density at radius 2 is 0.750 bits per heavy atom. The van der Waals surface area contributed by atoms with Gasteiger partial charge in [-0.3, -0.25) is 0 Å². The monoisotopic (exact) mass is 214 g/mol.